The van der Waals surface area contributed by atoms with Crippen molar-refractivity contribution in [2.45, 2.75) is 6.04 Å². The second-order valence-corrected chi connectivity index (χ2v) is 5.42. The third-order valence-corrected chi connectivity index (χ3v) is 3.87. The van der Waals surface area contributed by atoms with E-state index >= 15 is 0 Å². The van der Waals surface area contributed by atoms with E-state index in [4.69, 9.17) is 27.6 Å². The smallest absolute Gasteiger partial charge is 0.134 e. The minimum atomic E-state index is -0.131. The monoisotopic (exact) mass is 305 g/mol. The van der Waals surface area contributed by atoms with Crippen LogP contribution in [0.5, 0.6) is 0 Å². The van der Waals surface area contributed by atoms with Gasteiger partial charge < -0.3 is 9.73 Å². The predicted molar refractivity (Wildman–Crippen MR) is 83.6 cm³/mol. The minimum absolute atomic E-state index is 0.131. The Kier molecular flexibility index (Phi) is 3.70. The van der Waals surface area contributed by atoms with Gasteiger partial charge in [0, 0.05) is 15.4 Å². The molecule has 0 saturated heterocycles. The molecular weight excluding hydrogens is 293 g/mol. The van der Waals surface area contributed by atoms with Crippen LogP contribution in [0.1, 0.15) is 17.4 Å². The van der Waals surface area contributed by atoms with E-state index in [2.05, 4.69) is 5.32 Å². The molecule has 1 unspecified atom stereocenters. The topological polar surface area (TPSA) is 25.2 Å². The molecule has 1 N–H and O–H groups in total. The number of fused-ring (bicyclic) bond motifs is 1. The number of halogens is 2. The summed E-state index contributed by atoms with van der Waals surface area (Å²) in [4.78, 5) is 0. The van der Waals surface area contributed by atoms with Gasteiger partial charge in [-0.3, -0.25) is 0 Å². The quantitative estimate of drug-likeness (QED) is 0.732. The molecular formula is C16H13Cl2NO. The Labute approximate surface area is 127 Å². The van der Waals surface area contributed by atoms with Crippen molar-refractivity contribution in [3.63, 3.8) is 0 Å². The number of benzene rings is 2. The van der Waals surface area contributed by atoms with Crippen LogP contribution in [0.2, 0.25) is 10.0 Å². The fourth-order valence-corrected chi connectivity index (χ4v) is 2.74. The molecule has 0 radical (unpaired) electrons. The van der Waals surface area contributed by atoms with Crippen molar-refractivity contribution in [1.29, 1.82) is 0 Å². The van der Waals surface area contributed by atoms with E-state index in [1.165, 1.54) is 0 Å². The molecule has 0 fully saturated rings. The maximum Gasteiger partial charge on any atom is 0.134 e. The lowest BCUT2D eigenvalue weighted by Crippen LogP contribution is -2.17. The fourth-order valence-electron chi connectivity index (χ4n) is 2.33. The van der Waals surface area contributed by atoms with Crippen LogP contribution in [0.4, 0.5) is 0 Å². The summed E-state index contributed by atoms with van der Waals surface area (Å²) in [6.07, 6.45) is 0. The highest BCUT2D eigenvalue weighted by atomic mass is 35.5. The van der Waals surface area contributed by atoms with E-state index in [0.29, 0.717) is 10.0 Å². The van der Waals surface area contributed by atoms with Gasteiger partial charge in [0.2, 0.25) is 0 Å². The molecule has 2 aromatic carbocycles. The highest BCUT2D eigenvalue weighted by Gasteiger charge is 2.19. The average molecular weight is 306 g/mol. The highest BCUT2D eigenvalue weighted by Crippen LogP contribution is 2.33. The zero-order valence-corrected chi connectivity index (χ0v) is 12.4. The molecule has 0 amide bonds. The third-order valence-electron chi connectivity index (χ3n) is 3.29. The van der Waals surface area contributed by atoms with Crippen molar-refractivity contribution in [3.8, 4) is 0 Å². The molecule has 3 aromatic rings. The SMILES string of the molecule is CNC(c1cc2ccccc2o1)c1cc(Cl)ccc1Cl. The van der Waals surface area contributed by atoms with Gasteiger partial charge in [-0.05, 0) is 42.9 Å². The maximum absolute atomic E-state index is 6.28. The Bertz CT molecular complexity index is 718. The zero-order chi connectivity index (χ0) is 14.1. The van der Waals surface area contributed by atoms with Gasteiger partial charge in [-0.25, -0.2) is 0 Å². The van der Waals surface area contributed by atoms with E-state index in [-0.39, 0.29) is 6.04 Å². The Morgan fingerprint density at radius 1 is 1.05 bits per heavy atom. The van der Waals surface area contributed by atoms with Crippen LogP contribution in [0.3, 0.4) is 0 Å². The Balaban J connectivity index is 2.11. The lowest BCUT2D eigenvalue weighted by atomic mass is 10.0. The number of para-hydroxylation sites is 1. The maximum atomic E-state index is 6.28. The Morgan fingerprint density at radius 2 is 1.85 bits per heavy atom. The van der Waals surface area contributed by atoms with Crippen LogP contribution in [0, 0.1) is 0 Å². The summed E-state index contributed by atoms with van der Waals surface area (Å²) in [6.45, 7) is 0. The number of hydrogen-bond donors (Lipinski definition) is 1. The minimum Gasteiger partial charge on any atom is -0.459 e. The van der Waals surface area contributed by atoms with Crippen molar-refractivity contribution in [1.82, 2.24) is 5.32 Å². The molecule has 2 nitrogen and oxygen atoms in total. The first kappa shape index (κ1) is 13.5. The highest BCUT2D eigenvalue weighted by molar-refractivity contribution is 6.33. The second kappa shape index (κ2) is 5.49. The standard InChI is InChI=1S/C16H13Cl2NO/c1-19-16(12-9-11(17)6-7-13(12)18)15-8-10-4-2-3-5-14(10)20-15/h2-9,16,19H,1H3. The molecule has 1 heterocycles. The molecule has 0 aliphatic rings. The predicted octanol–water partition coefficient (Wildman–Crippen LogP) is 5.05. The third kappa shape index (κ3) is 2.42. The molecule has 1 atom stereocenters. The summed E-state index contributed by atoms with van der Waals surface area (Å²) >= 11 is 12.3. The van der Waals surface area contributed by atoms with Gasteiger partial charge in [0.05, 0.1) is 6.04 Å². The van der Waals surface area contributed by atoms with Crippen molar-refractivity contribution < 1.29 is 4.42 Å². The molecule has 0 bridgehead atoms. The lowest BCUT2D eigenvalue weighted by molar-refractivity contribution is 0.492. The second-order valence-electron chi connectivity index (χ2n) is 4.57. The zero-order valence-electron chi connectivity index (χ0n) is 10.9. The van der Waals surface area contributed by atoms with Crippen LogP contribution in [-0.4, -0.2) is 7.05 Å². The Hall–Kier alpha value is -1.48. The van der Waals surface area contributed by atoms with Crippen molar-refractivity contribution in [2.75, 3.05) is 7.05 Å². The molecule has 0 aliphatic carbocycles. The lowest BCUT2D eigenvalue weighted by Gasteiger charge is -2.15. The molecule has 4 heteroatoms. The van der Waals surface area contributed by atoms with E-state index in [1.807, 2.05) is 43.4 Å². The van der Waals surface area contributed by atoms with E-state index < -0.39 is 0 Å². The van der Waals surface area contributed by atoms with E-state index in [9.17, 15) is 0 Å². The fraction of sp³-hybridized carbons (Fsp3) is 0.125. The normalized spacial score (nSPS) is 12.8. The van der Waals surface area contributed by atoms with Crippen LogP contribution in [-0.2, 0) is 0 Å². The first-order chi connectivity index (χ1) is 9.69. The van der Waals surface area contributed by atoms with Crippen LogP contribution >= 0.6 is 23.2 Å². The van der Waals surface area contributed by atoms with Crippen LogP contribution in [0.25, 0.3) is 11.0 Å². The summed E-state index contributed by atoms with van der Waals surface area (Å²) in [7, 11) is 1.87. The molecule has 20 heavy (non-hydrogen) atoms. The van der Waals surface area contributed by atoms with Crippen LogP contribution < -0.4 is 5.32 Å². The van der Waals surface area contributed by atoms with E-state index in [0.717, 1.165) is 22.3 Å². The van der Waals surface area contributed by atoms with Gasteiger partial charge in [-0.2, -0.15) is 0 Å². The molecule has 1 aromatic heterocycles. The van der Waals surface area contributed by atoms with Gasteiger partial charge in [-0.1, -0.05) is 41.4 Å². The number of hydrogen-bond acceptors (Lipinski definition) is 2. The first-order valence-electron chi connectivity index (χ1n) is 6.29. The van der Waals surface area contributed by atoms with Crippen LogP contribution in [0.15, 0.2) is 52.9 Å². The molecule has 0 aliphatic heterocycles. The molecule has 102 valence electrons. The van der Waals surface area contributed by atoms with Gasteiger partial charge in [0.25, 0.3) is 0 Å². The molecule has 3 rings (SSSR count). The van der Waals surface area contributed by atoms with Crippen molar-refractivity contribution >= 4 is 34.2 Å². The van der Waals surface area contributed by atoms with Gasteiger partial charge in [0.1, 0.15) is 11.3 Å². The Morgan fingerprint density at radius 3 is 2.60 bits per heavy atom. The van der Waals surface area contributed by atoms with Gasteiger partial charge in [0.15, 0.2) is 0 Å². The average Bonchev–Trinajstić information content (AvgIpc) is 2.87. The largest absolute Gasteiger partial charge is 0.459 e. The van der Waals surface area contributed by atoms with Crippen molar-refractivity contribution in [2.24, 2.45) is 0 Å². The summed E-state index contributed by atoms with van der Waals surface area (Å²) in [5.41, 5.74) is 1.77. The number of nitrogens with one attached hydrogen (secondary N) is 1. The summed E-state index contributed by atoms with van der Waals surface area (Å²) in [5, 5.41) is 5.61. The molecule has 0 saturated carbocycles. The summed E-state index contributed by atoms with van der Waals surface area (Å²) in [6, 6.07) is 15.2. The van der Waals surface area contributed by atoms with Crippen molar-refractivity contribution in [3.05, 3.63) is 69.9 Å². The summed E-state index contributed by atoms with van der Waals surface area (Å²) < 4.78 is 5.91. The molecule has 0 spiro atoms. The van der Waals surface area contributed by atoms with Gasteiger partial charge in [-0.15, -0.1) is 0 Å². The summed E-state index contributed by atoms with van der Waals surface area (Å²) in [5.74, 6) is 0.817. The number of furan rings is 1. The number of rotatable bonds is 3. The van der Waals surface area contributed by atoms with E-state index in [1.54, 1.807) is 12.1 Å². The van der Waals surface area contributed by atoms with Gasteiger partial charge >= 0.3 is 0 Å². The first-order valence-corrected chi connectivity index (χ1v) is 7.05.